The molecular weight excluding hydrogens is 234 g/mol. The number of phenols is 1. The van der Waals surface area contributed by atoms with E-state index in [2.05, 4.69) is 5.32 Å². The summed E-state index contributed by atoms with van der Waals surface area (Å²) in [5.41, 5.74) is 0.547. The number of ether oxygens (including phenoxy) is 2. The molecule has 88 valence electrons. The molecule has 16 heavy (non-hydrogen) atoms. The van der Waals surface area contributed by atoms with E-state index in [1.165, 1.54) is 7.11 Å². The number of carbonyl (C=O) groups excluding carboxylic acids is 1. The Morgan fingerprint density at radius 1 is 1.56 bits per heavy atom. The first kappa shape index (κ1) is 12.4. The molecule has 0 radical (unpaired) electrons. The summed E-state index contributed by atoms with van der Waals surface area (Å²) in [6, 6.07) is 4.59. The molecule has 1 fully saturated rings. The van der Waals surface area contributed by atoms with E-state index in [1.807, 2.05) is 0 Å². The summed E-state index contributed by atoms with van der Waals surface area (Å²) >= 11 is 0. The second-order valence-corrected chi connectivity index (χ2v) is 3.19. The number of alkyl carbamates (subject to hydrolysis) is 1. The molecule has 1 aromatic carbocycles. The van der Waals surface area contributed by atoms with Crippen LogP contribution in [0.3, 0.4) is 0 Å². The summed E-state index contributed by atoms with van der Waals surface area (Å²) in [7, 11) is 1.51. The summed E-state index contributed by atoms with van der Waals surface area (Å²) in [6.45, 7) is 0.201. The molecule has 1 atom stereocenters. The van der Waals surface area contributed by atoms with Crippen molar-refractivity contribution in [3.8, 4) is 11.5 Å². The highest BCUT2D eigenvalue weighted by Gasteiger charge is 2.28. The Morgan fingerprint density at radius 2 is 2.31 bits per heavy atom. The molecule has 6 heteroatoms. The largest absolute Gasteiger partial charge is 0.507 e. The van der Waals surface area contributed by atoms with Crippen LogP contribution in [0.1, 0.15) is 11.6 Å². The molecule has 2 rings (SSSR count). The number of hydrogen-bond acceptors (Lipinski definition) is 4. The minimum atomic E-state index is -0.481. The summed E-state index contributed by atoms with van der Waals surface area (Å²) in [4.78, 5) is 10.9. The van der Waals surface area contributed by atoms with Crippen LogP contribution in [0.4, 0.5) is 4.79 Å². The number of aromatic hydroxyl groups is 1. The van der Waals surface area contributed by atoms with Gasteiger partial charge in [-0.2, -0.15) is 0 Å². The fraction of sp³-hybridized carbons (Fsp3) is 0.300. The Hall–Kier alpha value is -1.62. The van der Waals surface area contributed by atoms with Crippen LogP contribution in [0.15, 0.2) is 18.2 Å². The number of amides is 1. The van der Waals surface area contributed by atoms with Crippen LogP contribution in [0.5, 0.6) is 11.5 Å². The van der Waals surface area contributed by atoms with Gasteiger partial charge in [0.05, 0.1) is 18.7 Å². The molecule has 1 aromatic rings. The smallest absolute Gasteiger partial charge is 0.407 e. The third-order valence-corrected chi connectivity index (χ3v) is 2.28. The van der Waals surface area contributed by atoms with Gasteiger partial charge in [0.2, 0.25) is 0 Å². The number of rotatable bonds is 2. The van der Waals surface area contributed by atoms with Crippen LogP contribution in [0, 0.1) is 0 Å². The monoisotopic (exact) mass is 245 g/mol. The number of benzene rings is 1. The minimum absolute atomic E-state index is 0. The van der Waals surface area contributed by atoms with Gasteiger partial charge in [-0.15, -0.1) is 12.4 Å². The van der Waals surface area contributed by atoms with Gasteiger partial charge in [-0.3, -0.25) is 0 Å². The van der Waals surface area contributed by atoms with Crippen molar-refractivity contribution in [2.45, 2.75) is 6.04 Å². The Morgan fingerprint density at radius 3 is 2.88 bits per heavy atom. The highest BCUT2D eigenvalue weighted by Crippen LogP contribution is 2.34. The van der Waals surface area contributed by atoms with E-state index in [1.54, 1.807) is 18.2 Å². The number of carbonyl (C=O) groups is 1. The molecule has 1 aliphatic rings. The van der Waals surface area contributed by atoms with Crippen LogP contribution in [-0.2, 0) is 4.74 Å². The molecule has 0 aliphatic carbocycles. The lowest BCUT2D eigenvalue weighted by Gasteiger charge is -2.14. The molecule has 0 saturated carbocycles. The zero-order chi connectivity index (χ0) is 10.8. The third kappa shape index (κ3) is 2.14. The predicted octanol–water partition coefficient (Wildman–Crippen LogP) is 1.60. The first-order valence-electron chi connectivity index (χ1n) is 4.51. The van der Waals surface area contributed by atoms with Crippen molar-refractivity contribution in [3.05, 3.63) is 23.8 Å². The standard InChI is InChI=1S/C10H11NO4.ClH/c1-14-8-4-2-3-7(12)9(8)6-5-15-10(13)11-6;/h2-4,6,12H,5H2,1H3,(H,11,13);1H/t6-;/m0./s1. The van der Waals surface area contributed by atoms with E-state index < -0.39 is 6.09 Å². The average Bonchev–Trinajstić information content (AvgIpc) is 2.64. The molecular formula is C10H12ClNO4. The van der Waals surface area contributed by atoms with Crippen molar-refractivity contribution in [2.24, 2.45) is 0 Å². The number of nitrogens with one attached hydrogen (secondary N) is 1. The maximum atomic E-state index is 10.9. The van der Waals surface area contributed by atoms with Gasteiger partial charge in [0, 0.05) is 0 Å². The molecule has 2 N–H and O–H groups in total. The highest BCUT2D eigenvalue weighted by atomic mass is 35.5. The Kier molecular flexibility index (Phi) is 3.84. The van der Waals surface area contributed by atoms with Gasteiger partial charge in [-0.05, 0) is 12.1 Å². The molecule has 1 heterocycles. The van der Waals surface area contributed by atoms with E-state index >= 15 is 0 Å². The quantitative estimate of drug-likeness (QED) is 0.831. The van der Waals surface area contributed by atoms with Crippen LogP contribution < -0.4 is 10.1 Å². The van der Waals surface area contributed by atoms with Crippen molar-refractivity contribution in [1.29, 1.82) is 0 Å². The molecule has 0 unspecified atom stereocenters. The van der Waals surface area contributed by atoms with Crippen molar-refractivity contribution in [1.82, 2.24) is 5.32 Å². The van der Waals surface area contributed by atoms with Crippen molar-refractivity contribution in [3.63, 3.8) is 0 Å². The maximum Gasteiger partial charge on any atom is 0.407 e. The normalized spacial score (nSPS) is 18.3. The Balaban J connectivity index is 0.00000128. The predicted molar refractivity (Wildman–Crippen MR) is 59.1 cm³/mol. The molecule has 0 aromatic heterocycles. The molecule has 5 nitrogen and oxygen atoms in total. The third-order valence-electron chi connectivity index (χ3n) is 2.28. The molecule has 0 spiro atoms. The van der Waals surface area contributed by atoms with Crippen LogP contribution in [0.2, 0.25) is 0 Å². The van der Waals surface area contributed by atoms with Crippen LogP contribution in [-0.4, -0.2) is 24.9 Å². The first-order valence-corrected chi connectivity index (χ1v) is 4.51. The summed E-state index contributed by atoms with van der Waals surface area (Å²) in [5.74, 6) is 0.621. The molecule has 0 bridgehead atoms. The summed E-state index contributed by atoms with van der Waals surface area (Å²) in [5, 5.41) is 12.3. The maximum absolute atomic E-state index is 10.9. The first-order chi connectivity index (χ1) is 7.22. The summed E-state index contributed by atoms with van der Waals surface area (Å²) in [6.07, 6.45) is -0.481. The second kappa shape index (κ2) is 4.94. The molecule has 1 amide bonds. The topological polar surface area (TPSA) is 67.8 Å². The highest BCUT2D eigenvalue weighted by molar-refractivity contribution is 5.85. The number of methoxy groups -OCH3 is 1. The van der Waals surface area contributed by atoms with Crippen molar-refractivity contribution in [2.75, 3.05) is 13.7 Å². The van der Waals surface area contributed by atoms with E-state index in [-0.39, 0.29) is 30.8 Å². The van der Waals surface area contributed by atoms with Gasteiger partial charge in [0.25, 0.3) is 0 Å². The zero-order valence-electron chi connectivity index (χ0n) is 8.60. The van der Waals surface area contributed by atoms with Gasteiger partial charge in [0.1, 0.15) is 18.1 Å². The molecule has 1 aliphatic heterocycles. The molecule has 1 saturated heterocycles. The van der Waals surface area contributed by atoms with Crippen molar-refractivity contribution < 1.29 is 19.4 Å². The average molecular weight is 246 g/mol. The van der Waals surface area contributed by atoms with Crippen molar-refractivity contribution >= 4 is 18.5 Å². The zero-order valence-corrected chi connectivity index (χ0v) is 9.41. The van der Waals surface area contributed by atoms with E-state index in [9.17, 15) is 9.90 Å². The van der Waals surface area contributed by atoms with Gasteiger partial charge >= 0.3 is 6.09 Å². The van der Waals surface area contributed by atoms with E-state index in [0.29, 0.717) is 11.3 Å². The Labute approximate surface area is 98.8 Å². The van der Waals surface area contributed by atoms with Crippen LogP contribution in [0.25, 0.3) is 0 Å². The summed E-state index contributed by atoms with van der Waals surface area (Å²) < 4.78 is 9.86. The number of phenolic OH excluding ortho intramolecular Hbond substituents is 1. The number of halogens is 1. The fourth-order valence-corrected chi connectivity index (χ4v) is 1.60. The lowest BCUT2D eigenvalue weighted by molar-refractivity contribution is 0.176. The Bertz CT molecular complexity index is 396. The van der Waals surface area contributed by atoms with Gasteiger partial charge < -0.3 is 19.9 Å². The second-order valence-electron chi connectivity index (χ2n) is 3.19. The number of cyclic esters (lactones) is 1. The van der Waals surface area contributed by atoms with E-state index in [4.69, 9.17) is 9.47 Å². The van der Waals surface area contributed by atoms with E-state index in [0.717, 1.165) is 0 Å². The van der Waals surface area contributed by atoms with Crippen LogP contribution >= 0.6 is 12.4 Å². The number of hydrogen-bond donors (Lipinski definition) is 2. The lowest BCUT2D eigenvalue weighted by Crippen LogP contribution is -2.19. The van der Waals surface area contributed by atoms with Gasteiger partial charge in [0.15, 0.2) is 0 Å². The van der Waals surface area contributed by atoms with Gasteiger partial charge in [-0.25, -0.2) is 4.79 Å². The lowest BCUT2D eigenvalue weighted by atomic mass is 10.1. The minimum Gasteiger partial charge on any atom is -0.507 e. The van der Waals surface area contributed by atoms with Gasteiger partial charge in [-0.1, -0.05) is 6.07 Å². The SMILES string of the molecule is COc1cccc(O)c1[C@@H]1COC(=O)N1.Cl. The fourth-order valence-electron chi connectivity index (χ4n) is 1.60.